The number of rotatable bonds is 6. The third-order valence-electron chi connectivity index (χ3n) is 4.97. The number of nitrogens with one attached hydrogen (secondary N) is 3. The Kier molecular flexibility index (Phi) is 7.71. The van der Waals surface area contributed by atoms with Crippen molar-refractivity contribution in [3.05, 3.63) is 47.5 Å². The molecule has 0 saturated heterocycles. The van der Waals surface area contributed by atoms with Crippen molar-refractivity contribution in [3.63, 3.8) is 0 Å². The SMILES string of the molecule is CCNC(=NCC(NC(=O)OC(C)(C)C)c1ccccc1)NC1CCc2nc(C)nn2C1. The second-order valence-corrected chi connectivity index (χ2v) is 8.97. The molecule has 32 heavy (non-hydrogen) atoms. The topological polar surface area (TPSA) is 105 Å². The molecule has 1 aliphatic rings. The summed E-state index contributed by atoms with van der Waals surface area (Å²) in [6.07, 6.45) is 1.38. The zero-order chi connectivity index (χ0) is 23.1. The number of hydrogen-bond donors (Lipinski definition) is 3. The van der Waals surface area contributed by atoms with Gasteiger partial charge in [-0.05, 0) is 46.6 Å². The molecule has 0 bridgehead atoms. The number of alkyl carbamates (subject to hydrolysis) is 1. The molecule has 3 N–H and O–H groups in total. The molecular formula is C23H35N7O2. The molecule has 0 fully saturated rings. The van der Waals surface area contributed by atoms with Gasteiger partial charge < -0.3 is 20.7 Å². The van der Waals surface area contributed by atoms with Crippen molar-refractivity contribution in [3.8, 4) is 0 Å². The Bertz CT molecular complexity index is 918. The predicted molar refractivity (Wildman–Crippen MR) is 125 cm³/mol. The van der Waals surface area contributed by atoms with Gasteiger partial charge in [0.1, 0.15) is 17.2 Å². The Labute approximate surface area is 190 Å². The fourth-order valence-electron chi connectivity index (χ4n) is 3.62. The van der Waals surface area contributed by atoms with Gasteiger partial charge in [-0.15, -0.1) is 0 Å². The molecule has 2 unspecified atom stereocenters. The molecule has 0 spiro atoms. The molecule has 2 atom stereocenters. The van der Waals surface area contributed by atoms with Crippen LogP contribution >= 0.6 is 0 Å². The summed E-state index contributed by atoms with van der Waals surface area (Å²) in [6.45, 7) is 11.4. The van der Waals surface area contributed by atoms with E-state index in [2.05, 4.69) is 26.0 Å². The molecule has 1 aromatic carbocycles. The third-order valence-corrected chi connectivity index (χ3v) is 4.97. The molecule has 2 aromatic rings. The molecule has 1 aromatic heterocycles. The number of benzene rings is 1. The highest BCUT2D eigenvalue weighted by molar-refractivity contribution is 5.80. The summed E-state index contributed by atoms with van der Waals surface area (Å²) >= 11 is 0. The van der Waals surface area contributed by atoms with Crippen LogP contribution in [0.15, 0.2) is 35.3 Å². The van der Waals surface area contributed by atoms with Gasteiger partial charge in [-0.25, -0.2) is 14.5 Å². The first kappa shape index (κ1) is 23.6. The van der Waals surface area contributed by atoms with E-state index < -0.39 is 11.7 Å². The van der Waals surface area contributed by atoms with Gasteiger partial charge in [-0.3, -0.25) is 4.99 Å². The third kappa shape index (κ3) is 6.96. The maximum Gasteiger partial charge on any atom is 0.408 e. The molecule has 174 valence electrons. The highest BCUT2D eigenvalue weighted by Crippen LogP contribution is 2.16. The van der Waals surface area contributed by atoms with E-state index in [4.69, 9.17) is 9.73 Å². The first-order valence-corrected chi connectivity index (χ1v) is 11.2. The van der Waals surface area contributed by atoms with Crippen molar-refractivity contribution in [2.45, 2.75) is 71.7 Å². The highest BCUT2D eigenvalue weighted by Gasteiger charge is 2.23. The van der Waals surface area contributed by atoms with Gasteiger partial charge in [0, 0.05) is 19.0 Å². The molecule has 1 amide bonds. The molecule has 0 saturated carbocycles. The number of aromatic nitrogens is 3. The number of carbonyl (C=O) groups is 1. The summed E-state index contributed by atoms with van der Waals surface area (Å²) in [6, 6.07) is 9.71. The summed E-state index contributed by atoms with van der Waals surface area (Å²) in [7, 11) is 0. The van der Waals surface area contributed by atoms with Crippen molar-refractivity contribution in [1.82, 2.24) is 30.7 Å². The molecule has 0 radical (unpaired) electrons. The van der Waals surface area contributed by atoms with Crippen LogP contribution in [0.2, 0.25) is 0 Å². The van der Waals surface area contributed by atoms with Gasteiger partial charge in [-0.2, -0.15) is 5.10 Å². The van der Waals surface area contributed by atoms with Crippen LogP contribution in [0.4, 0.5) is 4.79 Å². The smallest absolute Gasteiger partial charge is 0.408 e. The molecule has 2 heterocycles. The second-order valence-electron chi connectivity index (χ2n) is 8.97. The van der Waals surface area contributed by atoms with Crippen molar-refractivity contribution >= 4 is 12.1 Å². The number of aliphatic imine (C=N–C) groups is 1. The number of ether oxygens (including phenoxy) is 1. The van der Waals surface area contributed by atoms with E-state index in [1.807, 2.05) is 69.6 Å². The van der Waals surface area contributed by atoms with Gasteiger partial charge in [-0.1, -0.05) is 30.3 Å². The van der Waals surface area contributed by atoms with Crippen molar-refractivity contribution in [1.29, 1.82) is 0 Å². The fourth-order valence-corrected chi connectivity index (χ4v) is 3.62. The maximum atomic E-state index is 12.4. The summed E-state index contributed by atoms with van der Waals surface area (Å²) in [4.78, 5) is 21.7. The fraction of sp³-hybridized carbons (Fsp3) is 0.565. The number of guanidine groups is 1. The van der Waals surface area contributed by atoms with Crippen molar-refractivity contribution in [2.24, 2.45) is 4.99 Å². The van der Waals surface area contributed by atoms with Gasteiger partial charge in [0.05, 0.1) is 19.1 Å². The van der Waals surface area contributed by atoms with Crippen molar-refractivity contribution < 1.29 is 9.53 Å². The summed E-state index contributed by atoms with van der Waals surface area (Å²) < 4.78 is 7.42. The van der Waals surface area contributed by atoms with Gasteiger partial charge in [0.15, 0.2) is 5.96 Å². The lowest BCUT2D eigenvalue weighted by molar-refractivity contribution is 0.0505. The first-order valence-electron chi connectivity index (χ1n) is 11.2. The predicted octanol–water partition coefficient (Wildman–Crippen LogP) is 2.72. The van der Waals surface area contributed by atoms with E-state index in [-0.39, 0.29) is 12.1 Å². The lowest BCUT2D eigenvalue weighted by Gasteiger charge is -2.26. The van der Waals surface area contributed by atoms with Gasteiger partial charge in [0.2, 0.25) is 0 Å². The Hall–Kier alpha value is -3.10. The van der Waals surface area contributed by atoms with Crippen LogP contribution in [0.1, 0.15) is 57.4 Å². The minimum absolute atomic E-state index is 0.204. The lowest BCUT2D eigenvalue weighted by atomic mass is 10.1. The van der Waals surface area contributed by atoms with Crippen LogP contribution in [0.5, 0.6) is 0 Å². The zero-order valence-electron chi connectivity index (χ0n) is 19.7. The van der Waals surface area contributed by atoms with E-state index in [1.165, 1.54) is 0 Å². The summed E-state index contributed by atoms with van der Waals surface area (Å²) in [5.41, 5.74) is 0.406. The van der Waals surface area contributed by atoms with Crippen LogP contribution in [-0.4, -0.2) is 51.5 Å². The highest BCUT2D eigenvalue weighted by atomic mass is 16.6. The number of nitrogens with zero attached hydrogens (tertiary/aromatic N) is 4. The monoisotopic (exact) mass is 441 g/mol. The summed E-state index contributed by atoms with van der Waals surface area (Å²) in [5.74, 6) is 2.55. The Balaban J connectivity index is 1.69. The van der Waals surface area contributed by atoms with Gasteiger partial charge in [0.25, 0.3) is 0 Å². The Morgan fingerprint density at radius 3 is 2.75 bits per heavy atom. The minimum atomic E-state index is -0.565. The van der Waals surface area contributed by atoms with Crippen molar-refractivity contribution in [2.75, 3.05) is 13.1 Å². The van der Waals surface area contributed by atoms with E-state index in [1.54, 1.807) is 0 Å². The standard InChI is InChI=1S/C23H35N7O2/c1-6-24-21(27-18-12-13-20-26-16(2)29-30(20)15-18)25-14-19(17-10-8-7-9-11-17)28-22(31)32-23(3,4)5/h7-11,18-19H,6,12-15H2,1-5H3,(H,28,31)(H2,24,25,27). The Morgan fingerprint density at radius 1 is 1.31 bits per heavy atom. The zero-order valence-corrected chi connectivity index (χ0v) is 19.7. The van der Waals surface area contributed by atoms with Crippen LogP contribution in [0.3, 0.4) is 0 Å². The lowest BCUT2D eigenvalue weighted by Crippen LogP contribution is -2.47. The number of carbonyl (C=O) groups excluding carboxylic acids is 1. The van der Waals surface area contributed by atoms with Gasteiger partial charge >= 0.3 is 6.09 Å². The van der Waals surface area contributed by atoms with E-state index in [9.17, 15) is 4.79 Å². The molecule has 1 aliphatic heterocycles. The number of aryl methyl sites for hydroxylation is 2. The molecular weight excluding hydrogens is 406 g/mol. The first-order chi connectivity index (χ1) is 15.2. The maximum absolute atomic E-state index is 12.4. The van der Waals surface area contributed by atoms with Crippen LogP contribution in [0, 0.1) is 6.92 Å². The number of hydrogen-bond acceptors (Lipinski definition) is 5. The van der Waals surface area contributed by atoms with Crippen LogP contribution in [-0.2, 0) is 17.7 Å². The molecule has 9 heteroatoms. The van der Waals surface area contributed by atoms with E-state index >= 15 is 0 Å². The average molecular weight is 442 g/mol. The minimum Gasteiger partial charge on any atom is -0.444 e. The summed E-state index contributed by atoms with van der Waals surface area (Å²) in [5, 5.41) is 14.3. The molecule has 0 aliphatic carbocycles. The quantitative estimate of drug-likeness (QED) is 0.470. The van der Waals surface area contributed by atoms with E-state index in [0.29, 0.717) is 12.5 Å². The number of amides is 1. The second kappa shape index (κ2) is 10.5. The normalized spacial score (nSPS) is 17.3. The number of fused-ring (bicyclic) bond motifs is 1. The van der Waals surface area contributed by atoms with E-state index in [0.717, 1.165) is 43.1 Å². The average Bonchev–Trinajstić information content (AvgIpc) is 3.09. The largest absolute Gasteiger partial charge is 0.444 e. The Morgan fingerprint density at radius 2 is 2.06 bits per heavy atom. The molecule has 9 nitrogen and oxygen atoms in total. The molecule has 3 rings (SSSR count). The van der Waals surface area contributed by atoms with Crippen LogP contribution < -0.4 is 16.0 Å². The van der Waals surface area contributed by atoms with Crippen LogP contribution in [0.25, 0.3) is 0 Å².